The highest BCUT2D eigenvalue weighted by Crippen LogP contribution is 2.26. The number of rotatable bonds is 1. The first kappa shape index (κ1) is 12.4. The van der Waals surface area contributed by atoms with Gasteiger partial charge >= 0.3 is 0 Å². The predicted molar refractivity (Wildman–Crippen MR) is 75.7 cm³/mol. The fourth-order valence-corrected chi connectivity index (χ4v) is 2.08. The molecule has 2 aromatic rings. The highest BCUT2D eigenvalue weighted by atomic mass is 16.1. The number of aryl methyl sites for hydroxylation is 2. The summed E-state index contributed by atoms with van der Waals surface area (Å²) in [5, 5.41) is 0. The molecule has 2 N–H and O–H groups in total. The molecule has 1 aromatic heterocycles. The van der Waals surface area contributed by atoms with E-state index in [1.807, 2.05) is 45.0 Å². The molecule has 0 fully saturated rings. The molecule has 0 spiro atoms. The molecule has 3 heteroatoms. The van der Waals surface area contributed by atoms with Crippen LogP contribution in [0.2, 0.25) is 0 Å². The van der Waals surface area contributed by atoms with Crippen molar-refractivity contribution in [1.29, 1.82) is 0 Å². The summed E-state index contributed by atoms with van der Waals surface area (Å²) in [6.07, 6.45) is 0. The lowest BCUT2D eigenvalue weighted by atomic mass is 10.0. The number of nitrogen functional groups attached to an aromatic ring is 1. The smallest absolute Gasteiger partial charge is 0.253 e. The Morgan fingerprint density at radius 2 is 1.72 bits per heavy atom. The Kier molecular flexibility index (Phi) is 2.99. The van der Waals surface area contributed by atoms with Crippen LogP contribution in [0.4, 0.5) is 5.69 Å². The van der Waals surface area contributed by atoms with Crippen LogP contribution in [0.3, 0.4) is 0 Å². The van der Waals surface area contributed by atoms with Gasteiger partial charge in [-0.2, -0.15) is 0 Å². The molecule has 1 heterocycles. The van der Waals surface area contributed by atoms with Gasteiger partial charge in [0, 0.05) is 29.6 Å². The average Bonchev–Trinajstić information content (AvgIpc) is 2.35. The van der Waals surface area contributed by atoms with Gasteiger partial charge in [0.25, 0.3) is 5.56 Å². The zero-order valence-corrected chi connectivity index (χ0v) is 11.2. The van der Waals surface area contributed by atoms with Gasteiger partial charge < -0.3 is 10.3 Å². The number of hydrogen-bond donors (Lipinski definition) is 1. The molecular formula is C15H18N2O. The average molecular weight is 242 g/mol. The van der Waals surface area contributed by atoms with Crippen LogP contribution in [-0.2, 0) is 7.05 Å². The Morgan fingerprint density at radius 3 is 2.33 bits per heavy atom. The van der Waals surface area contributed by atoms with E-state index in [1.54, 1.807) is 11.6 Å². The van der Waals surface area contributed by atoms with Gasteiger partial charge in [0.15, 0.2) is 0 Å². The molecule has 0 unspecified atom stereocenters. The molecule has 0 amide bonds. The van der Waals surface area contributed by atoms with E-state index in [0.29, 0.717) is 0 Å². The van der Waals surface area contributed by atoms with Crippen LogP contribution in [0, 0.1) is 20.8 Å². The molecule has 0 saturated heterocycles. The van der Waals surface area contributed by atoms with Crippen LogP contribution in [0.1, 0.15) is 16.8 Å². The maximum Gasteiger partial charge on any atom is 0.253 e. The van der Waals surface area contributed by atoms with Crippen LogP contribution >= 0.6 is 0 Å². The van der Waals surface area contributed by atoms with E-state index in [9.17, 15) is 4.79 Å². The first-order valence-corrected chi connectivity index (χ1v) is 5.95. The number of hydrogen-bond acceptors (Lipinski definition) is 2. The molecule has 2 rings (SSSR count). The predicted octanol–water partition coefficient (Wildman–Crippen LogP) is 2.56. The van der Waals surface area contributed by atoms with Crippen LogP contribution < -0.4 is 11.3 Å². The van der Waals surface area contributed by atoms with Crippen LogP contribution in [0.5, 0.6) is 0 Å². The van der Waals surface area contributed by atoms with E-state index in [4.69, 9.17) is 5.73 Å². The molecule has 0 radical (unpaired) electrons. The van der Waals surface area contributed by atoms with Crippen molar-refractivity contribution in [1.82, 2.24) is 4.57 Å². The second-order valence-corrected chi connectivity index (χ2v) is 4.76. The van der Waals surface area contributed by atoms with Crippen LogP contribution in [0.25, 0.3) is 11.1 Å². The molecule has 0 aliphatic heterocycles. The minimum atomic E-state index is 0.0522. The Labute approximate surface area is 107 Å². The molecule has 0 atom stereocenters. The Bertz CT molecular complexity index is 669. The first-order valence-electron chi connectivity index (χ1n) is 5.95. The van der Waals surface area contributed by atoms with Gasteiger partial charge in [-0.3, -0.25) is 4.79 Å². The van der Waals surface area contributed by atoms with Crippen molar-refractivity contribution in [3.8, 4) is 11.1 Å². The number of benzene rings is 1. The highest BCUT2D eigenvalue weighted by molar-refractivity contribution is 5.71. The number of nitrogens with two attached hydrogens (primary N) is 1. The largest absolute Gasteiger partial charge is 0.398 e. The summed E-state index contributed by atoms with van der Waals surface area (Å²) in [5.41, 5.74) is 11.6. The molecule has 94 valence electrons. The summed E-state index contributed by atoms with van der Waals surface area (Å²) in [7, 11) is 1.80. The minimum Gasteiger partial charge on any atom is -0.398 e. The summed E-state index contributed by atoms with van der Waals surface area (Å²) in [6, 6.07) is 7.94. The lowest BCUT2D eigenvalue weighted by Gasteiger charge is -2.13. The molecule has 1 aromatic carbocycles. The monoisotopic (exact) mass is 242 g/mol. The normalized spacial score (nSPS) is 10.7. The fourth-order valence-electron chi connectivity index (χ4n) is 2.08. The molecule has 3 nitrogen and oxygen atoms in total. The third-order valence-corrected chi connectivity index (χ3v) is 3.49. The quantitative estimate of drug-likeness (QED) is 0.781. The summed E-state index contributed by atoms with van der Waals surface area (Å²) in [6.45, 7) is 5.77. The molecular weight excluding hydrogens is 224 g/mol. The Morgan fingerprint density at radius 1 is 1.06 bits per heavy atom. The van der Waals surface area contributed by atoms with Crippen molar-refractivity contribution in [2.75, 3.05) is 5.73 Å². The van der Waals surface area contributed by atoms with Gasteiger partial charge in [0.05, 0.1) is 0 Å². The van der Waals surface area contributed by atoms with Crippen molar-refractivity contribution in [2.45, 2.75) is 20.8 Å². The fraction of sp³-hybridized carbons (Fsp3) is 0.267. The number of anilines is 1. The molecule has 18 heavy (non-hydrogen) atoms. The van der Waals surface area contributed by atoms with E-state index in [-0.39, 0.29) is 5.56 Å². The van der Waals surface area contributed by atoms with Crippen LogP contribution in [0.15, 0.2) is 29.1 Å². The van der Waals surface area contributed by atoms with Crippen molar-refractivity contribution in [2.24, 2.45) is 7.05 Å². The number of aromatic nitrogens is 1. The van der Waals surface area contributed by atoms with Gasteiger partial charge in [0.1, 0.15) is 0 Å². The zero-order chi connectivity index (χ0) is 13.4. The maximum atomic E-state index is 11.8. The van der Waals surface area contributed by atoms with E-state index in [0.717, 1.165) is 33.6 Å². The maximum absolute atomic E-state index is 11.8. The van der Waals surface area contributed by atoms with Gasteiger partial charge in [-0.05, 0) is 44.0 Å². The van der Waals surface area contributed by atoms with E-state index < -0.39 is 0 Å². The second kappa shape index (κ2) is 4.33. The molecule has 0 aliphatic carbocycles. The standard InChI is InChI=1S/C15H18N2O/c1-9-5-6-12(8-14(9)16)13-7-10(2)15(18)17(4)11(13)3/h5-8H,16H2,1-4H3. The van der Waals surface area contributed by atoms with E-state index >= 15 is 0 Å². The highest BCUT2D eigenvalue weighted by Gasteiger charge is 2.09. The van der Waals surface area contributed by atoms with Gasteiger partial charge in [-0.25, -0.2) is 0 Å². The van der Waals surface area contributed by atoms with Crippen LogP contribution in [-0.4, -0.2) is 4.57 Å². The van der Waals surface area contributed by atoms with Gasteiger partial charge in [-0.1, -0.05) is 12.1 Å². The Balaban J connectivity index is 2.71. The van der Waals surface area contributed by atoms with Crippen molar-refractivity contribution >= 4 is 5.69 Å². The third-order valence-electron chi connectivity index (χ3n) is 3.49. The van der Waals surface area contributed by atoms with Crippen molar-refractivity contribution in [3.05, 3.63) is 51.4 Å². The lowest BCUT2D eigenvalue weighted by molar-refractivity contribution is 0.811. The number of nitrogens with zero attached hydrogens (tertiary/aromatic N) is 1. The third kappa shape index (κ3) is 1.92. The van der Waals surface area contributed by atoms with E-state index in [1.165, 1.54) is 0 Å². The van der Waals surface area contributed by atoms with Crippen molar-refractivity contribution in [3.63, 3.8) is 0 Å². The van der Waals surface area contributed by atoms with E-state index in [2.05, 4.69) is 0 Å². The summed E-state index contributed by atoms with van der Waals surface area (Å²) in [5.74, 6) is 0. The summed E-state index contributed by atoms with van der Waals surface area (Å²) in [4.78, 5) is 11.8. The SMILES string of the molecule is Cc1ccc(-c2cc(C)c(=O)n(C)c2C)cc1N. The zero-order valence-electron chi connectivity index (χ0n) is 11.2. The second-order valence-electron chi connectivity index (χ2n) is 4.76. The lowest BCUT2D eigenvalue weighted by Crippen LogP contribution is -2.21. The minimum absolute atomic E-state index is 0.0522. The molecule has 0 saturated carbocycles. The summed E-state index contributed by atoms with van der Waals surface area (Å²) >= 11 is 0. The molecule has 0 aliphatic rings. The number of pyridine rings is 1. The first-order chi connectivity index (χ1) is 8.41. The molecule has 0 bridgehead atoms. The van der Waals surface area contributed by atoms with Gasteiger partial charge in [-0.15, -0.1) is 0 Å². The topological polar surface area (TPSA) is 48.0 Å². The Hall–Kier alpha value is -2.03. The summed E-state index contributed by atoms with van der Waals surface area (Å²) < 4.78 is 1.68. The van der Waals surface area contributed by atoms with Crippen molar-refractivity contribution < 1.29 is 0 Å². The van der Waals surface area contributed by atoms with Gasteiger partial charge in [0.2, 0.25) is 0 Å².